The van der Waals surface area contributed by atoms with Gasteiger partial charge in [-0.3, -0.25) is 14.4 Å². The topological polar surface area (TPSA) is 135 Å². The number of nitrogens with one attached hydrogen (secondary N) is 3. The van der Waals surface area contributed by atoms with Crippen molar-refractivity contribution in [2.45, 2.75) is 84.3 Å². The molecule has 0 spiro atoms. The van der Waals surface area contributed by atoms with Crippen molar-refractivity contribution in [1.82, 2.24) is 16.0 Å². The molecule has 1 saturated heterocycles. The smallest absolute Gasteiger partial charge is 0.328 e. The van der Waals surface area contributed by atoms with Gasteiger partial charge in [0, 0.05) is 25.3 Å². The number of methoxy groups -OCH3 is 1. The monoisotopic (exact) mass is 667 g/mol. The lowest BCUT2D eigenvalue weighted by Crippen LogP contribution is -2.54. The minimum absolute atomic E-state index is 0.0355. The fourth-order valence-electron chi connectivity index (χ4n) is 5.61. The molecule has 0 radical (unpaired) electrons. The number of carbonyl (C=O) groups excluding carboxylic acids is 4. The summed E-state index contributed by atoms with van der Waals surface area (Å²) in [5, 5.41) is 8.86. The summed E-state index contributed by atoms with van der Waals surface area (Å²) >= 11 is 6.32. The molecular weight excluding hydrogens is 622 g/mol. The molecule has 11 heteroatoms. The van der Waals surface area contributed by atoms with Crippen LogP contribution in [0.3, 0.4) is 0 Å². The number of carbonyl (C=O) groups is 4. The van der Waals surface area contributed by atoms with E-state index < -0.39 is 47.3 Å². The Balaban J connectivity index is 1.61. The van der Waals surface area contributed by atoms with Crippen LogP contribution in [-0.4, -0.2) is 61.6 Å². The highest BCUT2D eigenvalue weighted by Gasteiger charge is 2.47. The standard InChI is InChI=1S/C36H46ClN3O7/c1-21(2)17-27-34(43)46-28(22(3)31-32(47-31)24-11-8-7-9-12-24)13-10-14-30(41)39-26(19-23-15-16-29(45-6)25(37)18-23)33(42)38-20-36(4,5)35(44)40-27/h7-12,14-16,18,21-22,26-28,31-32H,13,17,19-20H2,1-6H3,(H,38,42)(H,39,41)(H,40,44)/b14-10+. The largest absolute Gasteiger partial charge is 0.495 e. The molecule has 0 aliphatic carbocycles. The van der Waals surface area contributed by atoms with Gasteiger partial charge in [0.2, 0.25) is 17.7 Å². The molecule has 2 aliphatic rings. The first-order chi connectivity index (χ1) is 22.3. The average Bonchev–Trinajstić information content (AvgIpc) is 3.83. The van der Waals surface area contributed by atoms with Crippen LogP contribution in [0.25, 0.3) is 0 Å². The lowest BCUT2D eigenvalue weighted by molar-refractivity contribution is -0.157. The summed E-state index contributed by atoms with van der Waals surface area (Å²) in [6.07, 6.45) is 2.76. The zero-order valence-corrected chi connectivity index (χ0v) is 28.6. The van der Waals surface area contributed by atoms with Crippen molar-refractivity contribution in [3.63, 3.8) is 0 Å². The molecule has 2 heterocycles. The second-order valence-corrected chi connectivity index (χ2v) is 13.8. The summed E-state index contributed by atoms with van der Waals surface area (Å²) < 4.78 is 17.4. The van der Waals surface area contributed by atoms with E-state index in [1.165, 1.54) is 13.2 Å². The normalized spacial score (nSPS) is 26.8. The number of hydrogen-bond donors (Lipinski definition) is 3. The molecule has 2 aromatic rings. The van der Waals surface area contributed by atoms with Crippen molar-refractivity contribution in [1.29, 1.82) is 0 Å². The van der Waals surface area contributed by atoms with Crippen LogP contribution in [0.5, 0.6) is 5.75 Å². The number of ether oxygens (including phenoxy) is 3. The van der Waals surface area contributed by atoms with E-state index in [4.69, 9.17) is 25.8 Å². The molecule has 4 rings (SSSR count). The second-order valence-electron chi connectivity index (χ2n) is 13.4. The molecule has 10 nitrogen and oxygen atoms in total. The molecule has 6 unspecified atom stereocenters. The molecule has 1 fully saturated rings. The van der Waals surface area contributed by atoms with Gasteiger partial charge >= 0.3 is 5.97 Å². The highest BCUT2D eigenvalue weighted by atomic mass is 35.5. The number of cyclic esters (lactones) is 1. The lowest BCUT2D eigenvalue weighted by atomic mass is 9.90. The number of benzene rings is 2. The summed E-state index contributed by atoms with van der Waals surface area (Å²) in [5.41, 5.74) is 0.659. The van der Waals surface area contributed by atoms with Crippen LogP contribution in [0.4, 0.5) is 0 Å². The number of hydrogen-bond acceptors (Lipinski definition) is 7. The molecule has 254 valence electrons. The molecule has 0 bridgehead atoms. The maximum Gasteiger partial charge on any atom is 0.328 e. The number of esters is 1. The Morgan fingerprint density at radius 3 is 2.38 bits per heavy atom. The Hall–Kier alpha value is -3.89. The summed E-state index contributed by atoms with van der Waals surface area (Å²) in [7, 11) is 1.51. The van der Waals surface area contributed by atoms with Crippen LogP contribution in [0.1, 0.15) is 64.7 Å². The van der Waals surface area contributed by atoms with Gasteiger partial charge in [-0.05, 0) is 55.5 Å². The summed E-state index contributed by atoms with van der Waals surface area (Å²) in [6.45, 7) is 9.21. The Labute approximate surface area is 281 Å². The molecule has 0 aromatic heterocycles. The van der Waals surface area contributed by atoms with E-state index in [0.29, 0.717) is 22.8 Å². The molecule has 47 heavy (non-hydrogen) atoms. The first-order valence-corrected chi connectivity index (χ1v) is 16.5. The van der Waals surface area contributed by atoms with Gasteiger partial charge in [-0.15, -0.1) is 0 Å². The van der Waals surface area contributed by atoms with Crippen LogP contribution < -0.4 is 20.7 Å². The van der Waals surface area contributed by atoms with Gasteiger partial charge in [-0.1, -0.05) is 74.8 Å². The lowest BCUT2D eigenvalue weighted by Gasteiger charge is -2.30. The van der Waals surface area contributed by atoms with Crippen molar-refractivity contribution < 1.29 is 33.4 Å². The second kappa shape index (κ2) is 15.8. The quantitative estimate of drug-likeness (QED) is 0.274. The van der Waals surface area contributed by atoms with E-state index in [-0.39, 0.29) is 43.4 Å². The SMILES string of the molecule is COc1ccc(CC2NC(=O)/C=C/CC(C(C)C3OC3c3ccccc3)OC(=O)C(CC(C)C)NC(=O)C(C)(C)CNC2=O)cc1Cl. The van der Waals surface area contributed by atoms with Gasteiger partial charge < -0.3 is 30.2 Å². The third-order valence-electron chi connectivity index (χ3n) is 8.57. The van der Waals surface area contributed by atoms with Crippen molar-refractivity contribution in [3.8, 4) is 5.75 Å². The maximum absolute atomic E-state index is 13.6. The van der Waals surface area contributed by atoms with Crippen LogP contribution in [-0.2, 0) is 35.1 Å². The molecule has 2 aromatic carbocycles. The van der Waals surface area contributed by atoms with E-state index >= 15 is 0 Å². The van der Waals surface area contributed by atoms with Crippen molar-refractivity contribution in [3.05, 3.63) is 76.8 Å². The third kappa shape index (κ3) is 9.81. The molecule has 3 N–H and O–H groups in total. The van der Waals surface area contributed by atoms with E-state index in [0.717, 1.165) is 5.56 Å². The number of halogens is 1. The highest BCUT2D eigenvalue weighted by molar-refractivity contribution is 6.32. The average molecular weight is 668 g/mol. The van der Waals surface area contributed by atoms with Crippen molar-refractivity contribution >= 4 is 35.3 Å². The summed E-state index contributed by atoms with van der Waals surface area (Å²) in [4.78, 5) is 53.8. The first kappa shape index (κ1) is 36.0. The van der Waals surface area contributed by atoms with Crippen LogP contribution in [0.2, 0.25) is 5.02 Å². The van der Waals surface area contributed by atoms with Crippen LogP contribution >= 0.6 is 11.6 Å². The Morgan fingerprint density at radius 2 is 1.72 bits per heavy atom. The number of rotatable bonds is 8. The molecule has 6 atom stereocenters. The predicted octanol–water partition coefficient (Wildman–Crippen LogP) is 4.70. The minimum Gasteiger partial charge on any atom is -0.495 e. The number of epoxide rings is 1. The van der Waals surface area contributed by atoms with E-state index in [1.54, 1.807) is 38.1 Å². The van der Waals surface area contributed by atoms with E-state index in [9.17, 15) is 19.2 Å². The Bertz CT molecular complexity index is 1460. The Morgan fingerprint density at radius 1 is 1.00 bits per heavy atom. The third-order valence-corrected chi connectivity index (χ3v) is 8.86. The zero-order valence-electron chi connectivity index (χ0n) is 27.9. The Kier molecular flexibility index (Phi) is 12.1. The predicted molar refractivity (Wildman–Crippen MR) is 179 cm³/mol. The maximum atomic E-state index is 13.6. The van der Waals surface area contributed by atoms with E-state index in [2.05, 4.69) is 16.0 Å². The van der Waals surface area contributed by atoms with Gasteiger partial charge in [0.05, 0.1) is 23.7 Å². The van der Waals surface area contributed by atoms with E-state index in [1.807, 2.05) is 51.1 Å². The fourth-order valence-corrected chi connectivity index (χ4v) is 5.89. The molecular formula is C36H46ClN3O7. The zero-order chi connectivity index (χ0) is 34.3. The van der Waals surface area contributed by atoms with Gasteiger partial charge in [0.1, 0.15) is 30.0 Å². The fraction of sp³-hybridized carbons (Fsp3) is 0.500. The van der Waals surface area contributed by atoms with Gasteiger partial charge in [0.15, 0.2) is 0 Å². The molecule has 3 amide bonds. The minimum atomic E-state index is -1.09. The molecule has 0 saturated carbocycles. The van der Waals surface area contributed by atoms with Crippen LogP contribution in [0.15, 0.2) is 60.7 Å². The van der Waals surface area contributed by atoms with Crippen molar-refractivity contribution in [2.75, 3.05) is 13.7 Å². The number of amides is 3. The summed E-state index contributed by atoms with van der Waals surface area (Å²) in [5.74, 6) is -1.56. The first-order valence-electron chi connectivity index (χ1n) is 16.1. The summed E-state index contributed by atoms with van der Waals surface area (Å²) in [6, 6.07) is 13.1. The van der Waals surface area contributed by atoms with Crippen LogP contribution in [0, 0.1) is 17.3 Å². The highest BCUT2D eigenvalue weighted by Crippen LogP contribution is 2.45. The van der Waals surface area contributed by atoms with Crippen molar-refractivity contribution in [2.24, 2.45) is 17.3 Å². The van der Waals surface area contributed by atoms with Gasteiger partial charge in [0.25, 0.3) is 0 Å². The van der Waals surface area contributed by atoms with Gasteiger partial charge in [-0.2, -0.15) is 0 Å². The molecule has 2 aliphatic heterocycles. The van der Waals surface area contributed by atoms with Gasteiger partial charge in [-0.25, -0.2) is 4.79 Å².